The molecule has 4 aliphatic heterocycles. The molecule has 5 aliphatic rings. The molecule has 0 bridgehead atoms. The first-order chi connectivity index (χ1) is 43.3. The Hall–Kier alpha value is -8.91. The summed E-state index contributed by atoms with van der Waals surface area (Å²) >= 11 is 6.27. The van der Waals surface area contributed by atoms with Crippen molar-refractivity contribution in [3.05, 3.63) is 152 Å². The maximum atomic E-state index is 14.2. The van der Waals surface area contributed by atoms with E-state index in [0.717, 1.165) is 80.2 Å². The van der Waals surface area contributed by atoms with Crippen LogP contribution in [0.4, 0.5) is 17.1 Å². The van der Waals surface area contributed by atoms with Crippen LogP contribution in [-0.2, 0) is 24.4 Å². The summed E-state index contributed by atoms with van der Waals surface area (Å²) in [5, 5.41) is 19.3. The van der Waals surface area contributed by atoms with E-state index in [1.54, 1.807) is 36.5 Å². The number of hydrogen-bond acceptors (Lipinski definition) is 15. The number of sulfonamides is 1. The molecule has 0 radical (unpaired) electrons. The van der Waals surface area contributed by atoms with Crippen molar-refractivity contribution in [2.75, 3.05) is 62.6 Å². The number of amides is 6. The van der Waals surface area contributed by atoms with Crippen LogP contribution in [0.25, 0.3) is 16.6 Å². The van der Waals surface area contributed by atoms with Crippen LogP contribution in [-0.4, -0.2) is 132 Å². The summed E-state index contributed by atoms with van der Waals surface area (Å²) < 4.78 is 36.4. The summed E-state index contributed by atoms with van der Waals surface area (Å²) in [6.07, 6.45) is 11.8. The number of likely N-dealkylation sites (tertiary alicyclic amines) is 1. The summed E-state index contributed by atoms with van der Waals surface area (Å²) in [5.41, 5.74) is 5.95. The molecule has 1 atom stereocenters. The van der Waals surface area contributed by atoms with Crippen LogP contribution in [0.15, 0.2) is 114 Å². The fraction of sp³-hybridized carbons (Fsp3) is 0.388. The first-order valence-corrected chi connectivity index (χ1v) is 32.5. The topological polar surface area (TPSA) is 267 Å². The number of carbonyl (C=O) groups excluding carboxylic acids is 6. The van der Waals surface area contributed by atoms with Gasteiger partial charge in [-0.2, -0.15) is 0 Å². The molecule has 2 aromatic heterocycles. The molecule has 4 N–H and O–H groups in total. The van der Waals surface area contributed by atoms with Crippen LogP contribution >= 0.6 is 11.6 Å². The number of unbranched alkanes of at least 4 members (excludes halogenated alkanes) is 4. The Balaban J connectivity index is 0.654. The van der Waals surface area contributed by atoms with E-state index < -0.39 is 61.1 Å². The molecule has 90 heavy (non-hydrogen) atoms. The van der Waals surface area contributed by atoms with Gasteiger partial charge in [-0.25, -0.2) is 18.1 Å². The standard InChI is InChI=1S/C67H71ClN10O11S/c1-67(2)28-24-47(54(39-67)44-14-16-48(68)17-15-44)42-74-32-34-75(35-33-74)49-18-20-52(58(37-49)89-50-36-46-25-29-69-62(46)71-41-50)63(81)73-90(87,88)51-19-21-55(57(38-51)78(85)86)70-40-43-26-30-76(31-27-43)60(80)13-8-6-4-3-5-7-10-45-11-9-12-53-61(45)66(84)77(65(53)83)56-22-23-59(79)72-64(56)82/h9,11-12,14-21,25,29,36-38,41,43,56,70H,3-6,8,13,22-24,26-28,30-35,39-40,42H2,1-2H3,(H,69,71)(H,73,81)(H,72,79,82). The summed E-state index contributed by atoms with van der Waals surface area (Å²) in [7, 11) is -4.66. The number of nitrogens with zero attached hydrogens (tertiary/aromatic N) is 6. The number of fused-ring (bicyclic) bond motifs is 2. The number of aromatic nitrogens is 2. The highest BCUT2D eigenvalue weighted by atomic mass is 35.5. The van der Waals surface area contributed by atoms with Crippen LogP contribution in [0.1, 0.15) is 140 Å². The van der Waals surface area contributed by atoms with Crippen molar-refractivity contribution in [2.24, 2.45) is 11.3 Å². The number of aromatic amines is 1. The number of nitrogens with one attached hydrogen (secondary N) is 4. The molecule has 0 spiro atoms. The van der Waals surface area contributed by atoms with E-state index in [9.17, 15) is 47.3 Å². The van der Waals surface area contributed by atoms with E-state index in [1.165, 1.54) is 47.2 Å². The van der Waals surface area contributed by atoms with Gasteiger partial charge >= 0.3 is 0 Å². The molecular formula is C67H71ClN10O11S. The number of hydrogen-bond donors (Lipinski definition) is 4. The van der Waals surface area contributed by atoms with E-state index in [-0.39, 0.29) is 58.2 Å². The molecule has 1 aliphatic carbocycles. The lowest BCUT2D eigenvalue weighted by Gasteiger charge is -2.39. The number of carbonyl (C=O) groups is 6. The minimum absolute atomic E-state index is 0.0314. The van der Waals surface area contributed by atoms with Crippen LogP contribution in [0, 0.1) is 33.3 Å². The average molecular weight is 1260 g/mol. The number of piperazine rings is 1. The predicted octanol–water partition coefficient (Wildman–Crippen LogP) is 10.3. The summed E-state index contributed by atoms with van der Waals surface area (Å²) in [6, 6.07) is 24.0. The number of anilines is 2. The van der Waals surface area contributed by atoms with Gasteiger partial charge in [-0.1, -0.05) is 73.9 Å². The van der Waals surface area contributed by atoms with Crippen molar-refractivity contribution >= 4 is 90.7 Å². The highest BCUT2D eigenvalue weighted by molar-refractivity contribution is 7.90. The zero-order valence-electron chi connectivity index (χ0n) is 50.3. The highest BCUT2D eigenvalue weighted by Gasteiger charge is 2.45. The molecule has 23 heteroatoms. The summed E-state index contributed by atoms with van der Waals surface area (Å²) in [5.74, 6) is 3.37. The Labute approximate surface area is 527 Å². The smallest absolute Gasteiger partial charge is 0.293 e. The number of benzene rings is 4. The molecule has 4 aromatic carbocycles. The number of allylic oxidation sites excluding steroid dienone is 1. The average Bonchev–Trinajstić information content (AvgIpc) is 1.59. The van der Waals surface area contributed by atoms with Crippen molar-refractivity contribution in [1.82, 2.24) is 34.7 Å². The largest absolute Gasteiger partial charge is 0.455 e. The maximum absolute atomic E-state index is 14.2. The van der Waals surface area contributed by atoms with Gasteiger partial charge in [-0.15, -0.1) is 0 Å². The lowest BCUT2D eigenvalue weighted by molar-refractivity contribution is -0.384. The van der Waals surface area contributed by atoms with Gasteiger partial charge in [0.2, 0.25) is 17.7 Å². The van der Waals surface area contributed by atoms with Crippen LogP contribution in [0.5, 0.6) is 11.5 Å². The van der Waals surface area contributed by atoms with Crippen molar-refractivity contribution < 1.29 is 46.8 Å². The minimum atomic E-state index is -4.66. The fourth-order valence-corrected chi connectivity index (χ4v) is 13.7. The summed E-state index contributed by atoms with van der Waals surface area (Å²) in [4.78, 5) is 104. The number of imide groups is 2. The lowest BCUT2D eigenvalue weighted by Crippen LogP contribution is -2.54. The Kier molecular flexibility index (Phi) is 18.8. The highest BCUT2D eigenvalue weighted by Crippen LogP contribution is 2.44. The predicted molar refractivity (Wildman–Crippen MR) is 341 cm³/mol. The zero-order valence-corrected chi connectivity index (χ0v) is 51.9. The number of piperidine rings is 2. The normalized spacial score (nSPS) is 18.1. The van der Waals surface area contributed by atoms with E-state index in [1.807, 2.05) is 23.1 Å². The van der Waals surface area contributed by atoms with Crippen LogP contribution in [0.3, 0.4) is 0 Å². The Bertz CT molecular complexity index is 4030. The van der Waals surface area contributed by atoms with Gasteiger partial charge < -0.3 is 24.8 Å². The number of ether oxygens (including phenoxy) is 1. The number of nitro groups is 1. The molecule has 0 saturated carbocycles. The summed E-state index contributed by atoms with van der Waals surface area (Å²) in [6.45, 7) is 9.87. The molecule has 11 rings (SSSR count). The second-order valence-electron chi connectivity index (χ2n) is 24.5. The van der Waals surface area contributed by atoms with E-state index >= 15 is 0 Å². The van der Waals surface area contributed by atoms with Gasteiger partial charge in [0.15, 0.2) is 0 Å². The van der Waals surface area contributed by atoms with Gasteiger partial charge in [0, 0.05) is 112 Å². The second-order valence-corrected chi connectivity index (χ2v) is 26.6. The molecule has 6 heterocycles. The van der Waals surface area contributed by atoms with E-state index in [4.69, 9.17) is 16.3 Å². The third-order valence-corrected chi connectivity index (χ3v) is 19.3. The van der Waals surface area contributed by atoms with E-state index in [0.29, 0.717) is 86.8 Å². The minimum Gasteiger partial charge on any atom is -0.455 e. The molecule has 3 saturated heterocycles. The van der Waals surface area contributed by atoms with Crippen molar-refractivity contribution in [3.8, 4) is 23.3 Å². The zero-order chi connectivity index (χ0) is 63.3. The second kappa shape index (κ2) is 27.1. The molecule has 6 amide bonds. The molecule has 3 fully saturated rings. The van der Waals surface area contributed by atoms with Crippen LogP contribution < -0.4 is 25.0 Å². The molecule has 468 valence electrons. The van der Waals surface area contributed by atoms with Gasteiger partial charge in [-0.05, 0) is 134 Å². The number of H-pyrrole nitrogens is 1. The van der Waals surface area contributed by atoms with Gasteiger partial charge in [0.1, 0.15) is 28.9 Å². The van der Waals surface area contributed by atoms with Crippen molar-refractivity contribution in [1.29, 1.82) is 0 Å². The first-order valence-electron chi connectivity index (χ1n) is 30.7. The molecule has 6 aromatic rings. The first kappa shape index (κ1) is 62.7. The number of rotatable bonds is 20. The number of nitro benzene ring substituents is 1. The Morgan fingerprint density at radius 1 is 0.878 bits per heavy atom. The fourth-order valence-electron chi connectivity index (χ4n) is 12.6. The van der Waals surface area contributed by atoms with E-state index in [2.05, 4.69) is 72.9 Å². The Morgan fingerprint density at radius 3 is 2.42 bits per heavy atom. The quantitative estimate of drug-likeness (QED) is 0.0182. The number of pyridine rings is 1. The number of halogens is 1. The van der Waals surface area contributed by atoms with Crippen molar-refractivity contribution in [3.63, 3.8) is 0 Å². The third-order valence-electron chi connectivity index (χ3n) is 17.7. The monoisotopic (exact) mass is 1260 g/mol. The maximum Gasteiger partial charge on any atom is 0.293 e. The third kappa shape index (κ3) is 14.4. The molecule has 1 unspecified atom stereocenters. The molecular weight excluding hydrogens is 1190 g/mol. The van der Waals surface area contributed by atoms with Crippen LogP contribution in [0.2, 0.25) is 5.02 Å². The lowest BCUT2D eigenvalue weighted by atomic mass is 9.72. The van der Waals surface area contributed by atoms with Gasteiger partial charge in [0.25, 0.3) is 33.4 Å². The molecule has 21 nitrogen and oxygen atoms in total. The van der Waals surface area contributed by atoms with Gasteiger partial charge in [0.05, 0.1) is 32.7 Å². The Morgan fingerprint density at radius 2 is 1.66 bits per heavy atom. The SMILES string of the molecule is CC1(C)CCC(CN2CCN(c3ccc(C(=O)NS(=O)(=O)c4ccc(NCC5CCN(C(=O)CCCCCCC#Cc6cccc7c6C(=O)N(C6CCC(=O)NC6=O)C7=O)CC5)c([N+](=O)[O-])c4)c(Oc4cnc5[nH]ccc5c4)c3)CC2)=C(c2ccc(Cl)cc2)C1. The van der Waals surface area contributed by atoms with Crippen molar-refractivity contribution in [2.45, 2.75) is 108 Å². The van der Waals surface area contributed by atoms with Gasteiger partial charge in [-0.3, -0.25) is 54.0 Å².